The van der Waals surface area contributed by atoms with Crippen LogP contribution in [-0.2, 0) is 58.9 Å². The van der Waals surface area contributed by atoms with Crippen molar-refractivity contribution in [2.24, 2.45) is 0 Å². The number of benzene rings is 2. The van der Waals surface area contributed by atoms with Crippen molar-refractivity contribution < 1.29 is 42.8 Å². The molecule has 20 heteroatoms. The Labute approximate surface area is 395 Å². The van der Waals surface area contributed by atoms with E-state index in [1.807, 2.05) is 60.7 Å². The molecule has 0 N–H and O–H groups in total. The molecule has 17 nitrogen and oxygen atoms in total. The van der Waals surface area contributed by atoms with Gasteiger partial charge in [0.05, 0.1) is 32.8 Å². The molecule has 65 heavy (non-hydrogen) atoms. The molecule has 0 bridgehead atoms. The number of ether oxygens (including phenoxy) is 6. The average molecular weight is 957 g/mol. The molecule has 1 fully saturated rings. The van der Waals surface area contributed by atoms with Crippen molar-refractivity contribution in [3.63, 3.8) is 0 Å². The Bertz CT molecular complexity index is 1940. The summed E-state index contributed by atoms with van der Waals surface area (Å²) in [7, 11) is 1.62. The van der Waals surface area contributed by atoms with Gasteiger partial charge in [0.2, 0.25) is 16.2 Å². The zero-order chi connectivity index (χ0) is 45.9. The number of aryl methyl sites for hydroxylation is 2. The number of methoxy groups -OCH3 is 1. The molecular weight excluding hydrogens is 893 g/mol. The highest BCUT2D eigenvalue weighted by Gasteiger charge is 2.26. The Balaban J connectivity index is 1.10. The van der Waals surface area contributed by atoms with E-state index in [-0.39, 0.29) is 39.0 Å². The second-order valence-corrected chi connectivity index (χ2v) is 18.5. The van der Waals surface area contributed by atoms with E-state index in [1.54, 1.807) is 23.8 Å². The zero-order valence-electron chi connectivity index (χ0n) is 37.9. The molecular formula is C45H64N8O9S3. The van der Waals surface area contributed by atoms with Crippen LogP contribution in [-0.4, -0.2) is 152 Å². The van der Waals surface area contributed by atoms with Gasteiger partial charge in [-0.25, -0.2) is 9.59 Å². The minimum Gasteiger partial charge on any atom is -0.434 e. The van der Waals surface area contributed by atoms with Gasteiger partial charge in [0, 0.05) is 52.6 Å². The molecule has 2 aromatic carbocycles. The standard InChI is InChI=1S/C45H64N8O9S3/c1-4-20-50(21-5-2)22-12-26-59-44(55)61-34-52(40(54)32-36-14-8-6-9-15-36)42-48-46-38(64-42)18-30-63-31-19-39-47-49-43(65-39)53(41(57-3)33-37-16-10-7-11-17-37)35-62-45(56)60-27-13-23-51-24-28-58-29-25-51/h6-11,14-17,41H,4-5,12-13,18-35H2,1-3H3. The van der Waals surface area contributed by atoms with E-state index in [9.17, 15) is 14.4 Å². The summed E-state index contributed by atoms with van der Waals surface area (Å²) in [6.45, 7) is 11.2. The van der Waals surface area contributed by atoms with Gasteiger partial charge >= 0.3 is 12.3 Å². The minimum atomic E-state index is -0.832. The van der Waals surface area contributed by atoms with Crippen LogP contribution in [0.15, 0.2) is 60.7 Å². The lowest BCUT2D eigenvalue weighted by Gasteiger charge is -2.29. The Morgan fingerprint density at radius 1 is 0.738 bits per heavy atom. The largest absolute Gasteiger partial charge is 0.510 e. The van der Waals surface area contributed by atoms with E-state index in [2.05, 4.69) is 44.0 Å². The normalized spacial score (nSPS) is 13.4. The van der Waals surface area contributed by atoms with Crippen LogP contribution >= 0.6 is 34.4 Å². The first kappa shape index (κ1) is 51.5. The molecule has 5 rings (SSSR count). The number of carbonyl (C=O) groups excluding carboxylic acids is 3. The highest BCUT2D eigenvalue weighted by Crippen LogP contribution is 2.27. The van der Waals surface area contributed by atoms with Crippen LogP contribution in [0.5, 0.6) is 0 Å². The van der Waals surface area contributed by atoms with Crippen molar-refractivity contribution in [2.75, 3.05) is 108 Å². The quantitative estimate of drug-likeness (QED) is 0.0298. The van der Waals surface area contributed by atoms with E-state index in [1.165, 1.54) is 27.6 Å². The van der Waals surface area contributed by atoms with Gasteiger partial charge in [-0.1, -0.05) is 97.2 Å². The van der Waals surface area contributed by atoms with Gasteiger partial charge in [-0.15, -0.1) is 20.4 Å². The molecule has 0 saturated carbocycles. The Hall–Kier alpha value is -4.44. The first-order chi connectivity index (χ1) is 31.8. The van der Waals surface area contributed by atoms with E-state index in [0.29, 0.717) is 42.4 Å². The number of morpholine rings is 1. The lowest BCUT2D eigenvalue weighted by atomic mass is 10.1. The van der Waals surface area contributed by atoms with Crippen LogP contribution in [0.1, 0.15) is 60.7 Å². The molecule has 1 saturated heterocycles. The van der Waals surface area contributed by atoms with Gasteiger partial charge in [-0.2, -0.15) is 11.8 Å². The summed E-state index contributed by atoms with van der Waals surface area (Å²) in [5.74, 6) is 1.26. The topological polar surface area (TPSA) is 171 Å². The Morgan fingerprint density at radius 2 is 1.32 bits per heavy atom. The molecule has 4 aromatic rings. The maximum Gasteiger partial charge on any atom is 0.510 e. The predicted octanol–water partition coefficient (Wildman–Crippen LogP) is 6.96. The summed E-state index contributed by atoms with van der Waals surface area (Å²) in [6, 6.07) is 19.3. The third-order valence-electron chi connectivity index (χ3n) is 10.2. The van der Waals surface area contributed by atoms with Crippen molar-refractivity contribution >= 4 is 62.9 Å². The van der Waals surface area contributed by atoms with E-state index >= 15 is 0 Å². The number of anilines is 2. The summed E-state index contributed by atoms with van der Waals surface area (Å²) in [5.41, 5.74) is 1.89. The maximum absolute atomic E-state index is 13.5. The fraction of sp³-hybridized carbons (Fsp3) is 0.578. The van der Waals surface area contributed by atoms with Gasteiger partial charge in [0.1, 0.15) is 16.2 Å². The summed E-state index contributed by atoms with van der Waals surface area (Å²) >= 11 is 4.45. The third-order valence-corrected chi connectivity index (χ3v) is 13.2. The molecule has 0 radical (unpaired) electrons. The third kappa shape index (κ3) is 19.1. The fourth-order valence-electron chi connectivity index (χ4n) is 6.84. The zero-order valence-corrected chi connectivity index (χ0v) is 40.3. The molecule has 1 aliphatic rings. The first-order valence-electron chi connectivity index (χ1n) is 22.4. The molecule has 1 aliphatic heterocycles. The van der Waals surface area contributed by atoms with E-state index in [0.717, 1.165) is 98.0 Å². The van der Waals surface area contributed by atoms with Crippen molar-refractivity contribution in [1.29, 1.82) is 0 Å². The van der Waals surface area contributed by atoms with Crippen LogP contribution in [0.3, 0.4) is 0 Å². The SMILES string of the molecule is CCCN(CCC)CCCOC(=O)OCN(C(=O)Cc1ccccc1)c1nnc(CCSCCc2nnc(N(COC(=O)OCCCN3CCOCC3)C(Cc3ccccc3)OC)s2)s1. The van der Waals surface area contributed by atoms with Gasteiger partial charge in [-0.3, -0.25) is 19.5 Å². The van der Waals surface area contributed by atoms with Crippen LogP contribution in [0.4, 0.5) is 19.9 Å². The van der Waals surface area contributed by atoms with Gasteiger partial charge in [0.25, 0.3) is 0 Å². The first-order valence-corrected chi connectivity index (χ1v) is 25.2. The molecule has 2 aromatic heterocycles. The predicted molar refractivity (Wildman–Crippen MR) is 254 cm³/mol. The molecule has 0 aliphatic carbocycles. The van der Waals surface area contributed by atoms with Crippen molar-refractivity contribution in [1.82, 2.24) is 30.2 Å². The van der Waals surface area contributed by atoms with Crippen molar-refractivity contribution in [2.45, 2.75) is 71.4 Å². The fourth-order valence-corrected chi connectivity index (χ4v) is 9.68. The minimum absolute atomic E-state index is 0.106. The summed E-state index contributed by atoms with van der Waals surface area (Å²) in [4.78, 5) is 46.5. The summed E-state index contributed by atoms with van der Waals surface area (Å²) < 4.78 is 33.0. The average Bonchev–Trinajstić information content (AvgIpc) is 4.00. The van der Waals surface area contributed by atoms with Crippen molar-refractivity contribution in [3.05, 3.63) is 81.8 Å². The van der Waals surface area contributed by atoms with Gasteiger partial charge < -0.3 is 33.3 Å². The lowest BCUT2D eigenvalue weighted by Crippen LogP contribution is -2.41. The molecule has 1 amide bonds. The Morgan fingerprint density at radius 3 is 1.95 bits per heavy atom. The number of thioether (sulfide) groups is 1. The number of aromatic nitrogens is 4. The number of hydrogen-bond donors (Lipinski definition) is 0. The smallest absolute Gasteiger partial charge is 0.434 e. The molecule has 1 unspecified atom stereocenters. The van der Waals surface area contributed by atoms with Crippen LogP contribution < -0.4 is 9.80 Å². The highest BCUT2D eigenvalue weighted by atomic mass is 32.2. The molecule has 0 spiro atoms. The molecule has 1 atom stereocenters. The van der Waals surface area contributed by atoms with Crippen molar-refractivity contribution in [3.8, 4) is 0 Å². The van der Waals surface area contributed by atoms with Gasteiger partial charge in [-0.05, 0) is 61.4 Å². The van der Waals surface area contributed by atoms with Crippen LogP contribution in [0, 0.1) is 0 Å². The van der Waals surface area contributed by atoms with E-state index in [4.69, 9.17) is 28.4 Å². The lowest BCUT2D eigenvalue weighted by molar-refractivity contribution is -0.118. The number of rotatable bonds is 30. The second kappa shape index (κ2) is 30.0. The monoisotopic (exact) mass is 956 g/mol. The summed E-state index contributed by atoms with van der Waals surface area (Å²) in [5, 5.41) is 20.1. The number of carbonyl (C=O) groups is 3. The highest BCUT2D eigenvalue weighted by molar-refractivity contribution is 7.99. The number of amides is 1. The van der Waals surface area contributed by atoms with Crippen LogP contribution in [0.2, 0.25) is 0 Å². The summed E-state index contributed by atoms with van der Waals surface area (Å²) in [6.07, 6.45) is 3.40. The van der Waals surface area contributed by atoms with Crippen LogP contribution in [0.25, 0.3) is 0 Å². The van der Waals surface area contributed by atoms with Gasteiger partial charge in [0.15, 0.2) is 13.5 Å². The Kier molecular flexibility index (Phi) is 23.8. The maximum atomic E-state index is 13.5. The number of nitrogens with zero attached hydrogens (tertiary/aromatic N) is 8. The molecule has 3 heterocycles. The number of hydrogen-bond acceptors (Lipinski definition) is 19. The van der Waals surface area contributed by atoms with E-state index < -0.39 is 18.5 Å². The second-order valence-electron chi connectivity index (χ2n) is 15.1. The molecule has 356 valence electrons.